The summed E-state index contributed by atoms with van der Waals surface area (Å²) < 4.78 is 31.0. The number of sulfonamides is 1. The van der Waals surface area contributed by atoms with Crippen molar-refractivity contribution in [3.63, 3.8) is 0 Å². The molecule has 1 aliphatic rings. The molecule has 41 heavy (non-hydrogen) atoms. The molecule has 0 aliphatic carbocycles. The highest BCUT2D eigenvalue weighted by atomic mass is 32.2. The monoisotopic (exact) mass is 577 g/mol. The van der Waals surface area contributed by atoms with E-state index in [1.807, 2.05) is 37.3 Å². The number of nitrogens with one attached hydrogen (secondary N) is 4. The highest BCUT2D eigenvalue weighted by Gasteiger charge is 2.29. The van der Waals surface area contributed by atoms with Crippen LogP contribution in [0.15, 0.2) is 72.8 Å². The zero-order valence-electron chi connectivity index (χ0n) is 22.9. The van der Waals surface area contributed by atoms with E-state index in [1.165, 1.54) is 7.05 Å². The van der Waals surface area contributed by atoms with Gasteiger partial charge in [0.1, 0.15) is 6.61 Å². The highest BCUT2D eigenvalue weighted by molar-refractivity contribution is 7.92. The Morgan fingerprint density at radius 1 is 0.976 bits per heavy atom. The summed E-state index contributed by atoms with van der Waals surface area (Å²) in [5.74, 6) is -0.554. The number of amides is 3. The summed E-state index contributed by atoms with van der Waals surface area (Å²) in [6, 6.07) is 21.0. The van der Waals surface area contributed by atoms with E-state index >= 15 is 0 Å². The van der Waals surface area contributed by atoms with Crippen LogP contribution < -0.4 is 25.6 Å². The first-order valence-electron chi connectivity index (χ1n) is 12.8. The lowest BCUT2D eigenvalue weighted by Crippen LogP contribution is -2.34. The van der Waals surface area contributed by atoms with E-state index in [2.05, 4.69) is 21.3 Å². The van der Waals surface area contributed by atoms with Crippen LogP contribution in [0.4, 0.5) is 21.9 Å². The first-order chi connectivity index (χ1) is 19.6. The predicted octanol–water partition coefficient (Wildman–Crippen LogP) is 3.49. The Morgan fingerprint density at radius 3 is 2.32 bits per heavy atom. The minimum absolute atomic E-state index is 0.0619. The van der Waals surface area contributed by atoms with Crippen LogP contribution in [0.5, 0.6) is 0 Å². The molecule has 0 aromatic heterocycles. The average Bonchev–Trinajstić information content (AvgIpc) is 3.29. The van der Waals surface area contributed by atoms with Crippen molar-refractivity contribution in [2.75, 3.05) is 47.9 Å². The number of carbonyl (C=O) groups excluding carboxylic acids is 3. The van der Waals surface area contributed by atoms with Crippen LogP contribution in [-0.2, 0) is 19.6 Å². The summed E-state index contributed by atoms with van der Waals surface area (Å²) in [5.41, 5.74) is 4.30. The van der Waals surface area contributed by atoms with Crippen molar-refractivity contribution in [1.82, 2.24) is 10.6 Å². The van der Waals surface area contributed by atoms with E-state index in [4.69, 9.17) is 4.74 Å². The SMILES string of the molecule is CCNC(=O)c1ccc2c(c1)NC(=O)/C2=C(\Nc1ccc(N(CCOC(=O)NC)S(C)(=O)=O)cc1)c1ccccc1. The van der Waals surface area contributed by atoms with Crippen LogP contribution in [0.25, 0.3) is 11.3 Å². The van der Waals surface area contributed by atoms with Gasteiger partial charge in [0.15, 0.2) is 0 Å². The fraction of sp³-hybridized carbons (Fsp3) is 0.207. The van der Waals surface area contributed by atoms with Crippen LogP contribution in [0, 0.1) is 0 Å². The number of carbonyl (C=O) groups is 3. The Balaban J connectivity index is 1.68. The second-order valence-corrected chi connectivity index (χ2v) is 11.0. The third kappa shape index (κ3) is 6.84. The minimum atomic E-state index is -3.66. The molecule has 0 bridgehead atoms. The molecule has 0 fully saturated rings. The number of hydrogen-bond donors (Lipinski definition) is 4. The van der Waals surface area contributed by atoms with E-state index in [1.54, 1.807) is 42.5 Å². The largest absolute Gasteiger partial charge is 0.448 e. The van der Waals surface area contributed by atoms with Crippen LogP contribution in [0.1, 0.15) is 28.4 Å². The van der Waals surface area contributed by atoms with Gasteiger partial charge in [-0.15, -0.1) is 0 Å². The Morgan fingerprint density at radius 2 is 1.68 bits per heavy atom. The zero-order valence-corrected chi connectivity index (χ0v) is 23.7. The number of alkyl carbamates (subject to hydrolysis) is 1. The molecule has 0 saturated heterocycles. The fourth-order valence-electron chi connectivity index (χ4n) is 4.34. The Labute approximate surface area is 238 Å². The quantitative estimate of drug-likeness (QED) is 0.270. The molecule has 0 atom stereocenters. The first-order valence-corrected chi connectivity index (χ1v) is 14.7. The van der Waals surface area contributed by atoms with Gasteiger partial charge in [0.05, 0.1) is 29.8 Å². The van der Waals surface area contributed by atoms with Gasteiger partial charge in [-0.25, -0.2) is 13.2 Å². The molecule has 0 saturated carbocycles. The summed E-state index contributed by atoms with van der Waals surface area (Å²) in [6.45, 7) is 2.12. The van der Waals surface area contributed by atoms with Crippen LogP contribution in [0.3, 0.4) is 0 Å². The predicted molar refractivity (Wildman–Crippen MR) is 159 cm³/mol. The van der Waals surface area contributed by atoms with Crippen molar-refractivity contribution >= 4 is 56.3 Å². The minimum Gasteiger partial charge on any atom is -0.448 e. The number of nitrogens with zero attached hydrogens (tertiary/aromatic N) is 1. The smallest absolute Gasteiger partial charge is 0.406 e. The Bertz CT molecular complexity index is 1590. The normalized spacial score (nSPS) is 13.5. The van der Waals surface area contributed by atoms with E-state index in [9.17, 15) is 22.8 Å². The number of anilines is 3. The van der Waals surface area contributed by atoms with Gasteiger partial charge in [-0.2, -0.15) is 0 Å². The lowest BCUT2D eigenvalue weighted by Gasteiger charge is -2.23. The molecule has 0 spiro atoms. The van der Waals surface area contributed by atoms with Gasteiger partial charge >= 0.3 is 6.09 Å². The molecule has 3 aromatic rings. The van der Waals surface area contributed by atoms with E-state index < -0.39 is 16.1 Å². The number of rotatable bonds is 10. The van der Waals surface area contributed by atoms with Crippen molar-refractivity contribution in [2.24, 2.45) is 0 Å². The lowest BCUT2D eigenvalue weighted by atomic mass is 9.99. The van der Waals surface area contributed by atoms with Crippen LogP contribution in [0.2, 0.25) is 0 Å². The van der Waals surface area contributed by atoms with Crippen molar-refractivity contribution in [3.05, 3.63) is 89.5 Å². The average molecular weight is 578 g/mol. The van der Waals surface area contributed by atoms with Crippen LogP contribution in [-0.4, -0.2) is 59.3 Å². The summed E-state index contributed by atoms with van der Waals surface area (Å²) in [7, 11) is -2.24. The van der Waals surface area contributed by atoms with Crippen molar-refractivity contribution < 1.29 is 27.5 Å². The lowest BCUT2D eigenvalue weighted by molar-refractivity contribution is -0.110. The summed E-state index contributed by atoms with van der Waals surface area (Å²) in [5, 5.41) is 11.3. The van der Waals surface area contributed by atoms with E-state index in [0.717, 1.165) is 16.1 Å². The molecule has 4 N–H and O–H groups in total. The Kier molecular flexibility index (Phi) is 8.93. The van der Waals surface area contributed by atoms with Crippen molar-refractivity contribution in [2.45, 2.75) is 6.92 Å². The van der Waals surface area contributed by atoms with E-state index in [-0.39, 0.29) is 25.0 Å². The first kappa shape index (κ1) is 29.2. The van der Waals surface area contributed by atoms with Gasteiger partial charge in [-0.05, 0) is 48.9 Å². The third-order valence-corrected chi connectivity index (χ3v) is 7.43. The molecule has 4 rings (SSSR count). The molecule has 0 radical (unpaired) electrons. The maximum Gasteiger partial charge on any atom is 0.406 e. The van der Waals surface area contributed by atoms with Gasteiger partial charge in [0.25, 0.3) is 11.8 Å². The second-order valence-electron chi connectivity index (χ2n) is 9.08. The van der Waals surface area contributed by atoms with Gasteiger partial charge in [0, 0.05) is 36.1 Å². The molecule has 0 unspecified atom stereocenters. The number of ether oxygens (including phenoxy) is 1. The van der Waals surface area contributed by atoms with Gasteiger partial charge in [-0.3, -0.25) is 13.9 Å². The number of fused-ring (bicyclic) bond motifs is 1. The maximum atomic E-state index is 13.2. The van der Waals surface area contributed by atoms with E-state index in [0.29, 0.717) is 46.0 Å². The molecular weight excluding hydrogens is 546 g/mol. The molecule has 214 valence electrons. The molecule has 12 heteroatoms. The maximum absolute atomic E-state index is 13.2. The molecule has 11 nitrogen and oxygen atoms in total. The standard InChI is InChI=1S/C29H31N5O6S/c1-4-31-27(35)20-10-15-23-24(18-20)33-28(36)25(23)26(19-8-6-5-7-9-19)32-21-11-13-22(14-12-21)34(41(3,38)39)16-17-40-29(37)30-2/h5-15,18,32H,4,16-17H2,1-3H3,(H,30,37)(H,31,35)(H,33,36)/b26-25-. The Hall–Kier alpha value is -4.84. The van der Waals surface area contributed by atoms with Gasteiger partial charge in [0.2, 0.25) is 10.0 Å². The highest BCUT2D eigenvalue weighted by Crippen LogP contribution is 2.38. The molecular formula is C29H31N5O6S. The molecule has 1 heterocycles. The number of benzene rings is 3. The topological polar surface area (TPSA) is 146 Å². The summed E-state index contributed by atoms with van der Waals surface area (Å²) in [4.78, 5) is 36.9. The van der Waals surface area contributed by atoms with Crippen LogP contribution >= 0.6 is 0 Å². The molecule has 3 aromatic carbocycles. The zero-order chi connectivity index (χ0) is 29.6. The van der Waals surface area contributed by atoms with Crippen molar-refractivity contribution in [3.8, 4) is 0 Å². The third-order valence-electron chi connectivity index (χ3n) is 6.23. The number of hydrogen-bond acceptors (Lipinski definition) is 7. The molecule has 3 amide bonds. The van der Waals surface area contributed by atoms with Gasteiger partial charge < -0.3 is 26.0 Å². The van der Waals surface area contributed by atoms with Crippen molar-refractivity contribution in [1.29, 1.82) is 0 Å². The second kappa shape index (κ2) is 12.6. The summed E-state index contributed by atoms with van der Waals surface area (Å²) in [6.07, 6.45) is 0.419. The van der Waals surface area contributed by atoms with Gasteiger partial charge in [-0.1, -0.05) is 36.4 Å². The molecule has 1 aliphatic heterocycles. The summed E-state index contributed by atoms with van der Waals surface area (Å²) >= 11 is 0. The fourth-order valence-corrected chi connectivity index (χ4v) is 5.25.